The molecule has 2 heterocycles. The van der Waals surface area contributed by atoms with Crippen molar-refractivity contribution in [3.05, 3.63) is 118 Å². The third kappa shape index (κ3) is 14.4. The summed E-state index contributed by atoms with van der Waals surface area (Å²) in [4.78, 5) is 31.3. The van der Waals surface area contributed by atoms with Crippen molar-refractivity contribution in [3.63, 3.8) is 0 Å². The van der Waals surface area contributed by atoms with Crippen molar-refractivity contribution in [2.75, 3.05) is 6.54 Å². The molecule has 0 fully saturated rings. The molecule has 2 aromatic heterocycles. The van der Waals surface area contributed by atoms with E-state index in [4.69, 9.17) is 28.3 Å². The molecule has 0 aliphatic carbocycles. The first-order chi connectivity index (χ1) is 22.3. The number of imidazole rings is 2. The molecular weight excluding hydrogens is 1020 g/mol. The Balaban J connectivity index is 0.000000245. The molecule has 0 unspecified atom stereocenters. The Morgan fingerprint density at radius 1 is 0.787 bits per heavy atom. The van der Waals surface area contributed by atoms with Gasteiger partial charge in [-0.05, 0) is 72.6 Å². The van der Waals surface area contributed by atoms with Gasteiger partial charge in [0.25, 0.3) is 0 Å². The predicted molar refractivity (Wildman–Crippen MR) is 208 cm³/mol. The first-order valence-electron chi connectivity index (χ1n) is 13.9. The van der Waals surface area contributed by atoms with Crippen LogP contribution in [0.15, 0.2) is 85.2 Å². The molecule has 5 aromatic rings. The summed E-state index contributed by atoms with van der Waals surface area (Å²) < 4.78 is 16.6. The molecule has 0 bridgehead atoms. The summed E-state index contributed by atoms with van der Waals surface area (Å²) in [6.07, 6.45) is 4.37. The van der Waals surface area contributed by atoms with Crippen molar-refractivity contribution in [1.82, 2.24) is 24.4 Å². The third-order valence-electron chi connectivity index (χ3n) is 6.38. The Morgan fingerprint density at radius 3 is 1.64 bits per heavy atom. The fourth-order valence-electron chi connectivity index (χ4n) is 4.34. The zero-order chi connectivity index (χ0) is 34.5. The first-order valence-corrected chi connectivity index (χ1v) is 28.1. The average molecular weight is 1050 g/mol. The molecule has 0 aliphatic rings. The summed E-state index contributed by atoms with van der Waals surface area (Å²) in [5.74, 6) is 0.289. The first kappa shape index (κ1) is 39.7. The SMILES string of the molecule is Cn1cc(CC(=O)NCCc2ccc(F)cc2)nc1-c1ccc(Cl)cc1.Cn1cc(CC(=O)O)nc1-c1ccc(Cl)cc1.[I][V]([I])[I]. The number of amides is 1. The Hall–Kier alpha value is -1.70. The van der Waals surface area contributed by atoms with Crippen LogP contribution < -0.4 is 5.32 Å². The number of hydrogen-bond acceptors (Lipinski definition) is 4. The maximum atomic E-state index is 12.9. The van der Waals surface area contributed by atoms with Gasteiger partial charge in [0, 0.05) is 54.2 Å². The normalized spacial score (nSPS) is 10.5. The molecule has 0 radical (unpaired) electrons. The van der Waals surface area contributed by atoms with E-state index in [9.17, 15) is 14.0 Å². The van der Waals surface area contributed by atoms with Gasteiger partial charge < -0.3 is 19.6 Å². The van der Waals surface area contributed by atoms with Crippen molar-refractivity contribution >= 4 is 95.0 Å². The van der Waals surface area contributed by atoms with Gasteiger partial charge in [-0.1, -0.05) is 35.3 Å². The second-order valence-corrected chi connectivity index (χ2v) is 46.3. The number of carbonyl (C=O) groups excluding carboxylic acids is 1. The molecule has 0 saturated heterocycles. The summed E-state index contributed by atoms with van der Waals surface area (Å²) in [6, 6.07) is 21.0. The van der Waals surface area contributed by atoms with E-state index in [-0.39, 0.29) is 29.5 Å². The molecule has 0 spiro atoms. The van der Waals surface area contributed by atoms with Crippen LogP contribution >= 0.6 is 83.1 Å². The quantitative estimate of drug-likeness (QED) is 0.144. The molecule has 15 heteroatoms. The van der Waals surface area contributed by atoms with E-state index in [1.165, 1.54) is 12.1 Å². The third-order valence-corrected chi connectivity index (χ3v) is 6.88. The maximum absolute atomic E-state index is 12.9. The molecule has 248 valence electrons. The summed E-state index contributed by atoms with van der Waals surface area (Å²) in [7, 11) is 3.73. The van der Waals surface area contributed by atoms with Crippen LogP contribution in [0, 0.1) is 5.82 Å². The van der Waals surface area contributed by atoms with Gasteiger partial charge in [0.1, 0.15) is 17.5 Å². The van der Waals surface area contributed by atoms with E-state index < -0.39 is 5.97 Å². The number of aryl methyl sites for hydroxylation is 2. The Bertz CT molecular complexity index is 1750. The topological polar surface area (TPSA) is 102 Å². The zero-order valence-electron chi connectivity index (χ0n) is 25.2. The Kier molecular flexibility index (Phi) is 17.0. The molecule has 47 heavy (non-hydrogen) atoms. The standard InChI is InChI=1S/C20H19ClFN3O.C12H11ClN2O2.3HI.V/c1-25-13-18(24-20(25)15-4-6-16(21)7-5-15)12-19(26)23-11-10-14-2-8-17(22)9-3-14;1-15-7-10(6-11(16)17)14-12(15)8-2-4-9(13)5-3-8;;;;/h2-9,13H,10-12H2,1H3,(H,23,26);2-5,7H,6H2,1H3,(H,16,17);3*1H;/q;;;;;+3/p-3. The van der Waals surface area contributed by atoms with Crippen LogP contribution in [0.1, 0.15) is 17.0 Å². The fraction of sp³-hybridized carbons (Fsp3) is 0.188. The van der Waals surface area contributed by atoms with E-state index in [0.29, 0.717) is 34.4 Å². The molecule has 3 aromatic carbocycles. The van der Waals surface area contributed by atoms with Gasteiger partial charge in [-0.3, -0.25) is 9.59 Å². The minimum atomic E-state index is -0.884. The summed E-state index contributed by atoms with van der Waals surface area (Å²) >= 11 is 19.1. The van der Waals surface area contributed by atoms with Gasteiger partial charge in [0.2, 0.25) is 5.91 Å². The minimum absolute atomic E-state index is 0.0680. The van der Waals surface area contributed by atoms with Crippen molar-refractivity contribution in [2.24, 2.45) is 14.1 Å². The van der Waals surface area contributed by atoms with Gasteiger partial charge in [-0.15, -0.1) is 0 Å². The number of aliphatic carboxylic acids is 1. The van der Waals surface area contributed by atoms with Gasteiger partial charge in [0.05, 0.1) is 24.2 Å². The molecule has 0 aliphatic heterocycles. The van der Waals surface area contributed by atoms with Crippen molar-refractivity contribution < 1.29 is 24.0 Å². The second-order valence-electron chi connectivity index (χ2n) is 10.0. The van der Waals surface area contributed by atoms with E-state index in [1.807, 2.05) is 65.8 Å². The summed E-state index contributed by atoms with van der Waals surface area (Å²) in [6.45, 7) is 0.501. The molecular formula is C32H30Cl2FI3N5O3V. The Morgan fingerprint density at radius 2 is 1.21 bits per heavy atom. The van der Waals surface area contributed by atoms with Gasteiger partial charge >= 0.3 is 70.8 Å². The molecule has 5 rings (SSSR count). The van der Waals surface area contributed by atoms with Crippen LogP contribution in [0.2, 0.25) is 10.0 Å². The van der Waals surface area contributed by atoms with Crippen LogP contribution in [0.3, 0.4) is 0 Å². The number of carboxylic acids is 1. The van der Waals surface area contributed by atoms with Gasteiger partial charge in [0.15, 0.2) is 0 Å². The number of rotatable bonds is 9. The fourth-order valence-corrected chi connectivity index (χ4v) is 4.59. The van der Waals surface area contributed by atoms with E-state index in [2.05, 4.69) is 75.2 Å². The molecule has 0 atom stereocenters. The van der Waals surface area contributed by atoms with Crippen LogP contribution in [0.25, 0.3) is 22.8 Å². The number of halogens is 6. The molecule has 1 amide bonds. The second kappa shape index (κ2) is 20.1. The van der Waals surface area contributed by atoms with Crippen LogP contribution in [-0.4, -0.2) is 42.6 Å². The van der Waals surface area contributed by atoms with Crippen LogP contribution in [-0.2, 0) is 47.9 Å². The molecule has 2 N–H and O–H groups in total. The number of carboxylic acid groups (broad SMARTS) is 1. The van der Waals surface area contributed by atoms with E-state index in [1.54, 1.807) is 30.5 Å². The monoisotopic (exact) mass is 1050 g/mol. The number of hydrogen-bond donors (Lipinski definition) is 2. The summed E-state index contributed by atoms with van der Waals surface area (Å²) in [5, 5.41) is 12.9. The molecule has 0 saturated carbocycles. The number of benzene rings is 3. The number of nitrogens with zero attached hydrogens (tertiary/aromatic N) is 4. The van der Waals surface area contributed by atoms with Crippen LogP contribution in [0.5, 0.6) is 0 Å². The number of carbonyl (C=O) groups is 2. The average Bonchev–Trinajstić information content (AvgIpc) is 3.55. The van der Waals surface area contributed by atoms with Crippen molar-refractivity contribution in [1.29, 1.82) is 0 Å². The van der Waals surface area contributed by atoms with Gasteiger partial charge in [-0.25, -0.2) is 14.4 Å². The Labute approximate surface area is 320 Å². The van der Waals surface area contributed by atoms with E-state index in [0.717, 1.165) is 28.3 Å². The predicted octanol–water partition coefficient (Wildman–Crippen LogP) is 8.80. The zero-order valence-corrected chi connectivity index (χ0v) is 34.6. The van der Waals surface area contributed by atoms with Gasteiger partial charge in [-0.2, -0.15) is 0 Å². The van der Waals surface area contributed by atoms with Crippen molar-refractivity contribution in [2.45, 2.75) is 19.3 Å². The summed E-state index contributed by atoms with van der Waals surface area (Å²) in [5.41, 5.74) is 4.09. The van der Waals surface area contributed by atoms with Crippen molar-refractivity contribution in [3.8, 4) is 22.8 Å². The molecule has 8 nitrogen and oxygen atoms in total. The number of aromatic nitrogens is 4. The van der Waals surface area contributed by atoms with Crippen LogP contribution in [0.4, 0.5) is 4.39 Å². The number of nitrogens with one attached hydrogen (secondary N) is 1. The van der Waals surface area contributed by atoms with E-state index >= 15 is 0 Å².